The summed E-state index contributed by atoms with van der Waals surface area (Å²) >= 11 is 3.53. The van der Waals surface area contributed by atoms with E-state index in [0.29, 0.717) is 11.3 Å². The van der Waals surface area contributed by atoms with Crippen molar-refractivity contribution in [1.82, 2.24) is 0 Å². The van der Waals surface area contributed by atoms with Crippen LogP contribution in [0.2, 0.25) is 0 Å². The molecule has 0 fully saturated rings. The maximum absolute atomic E-state index is 13.1. The van der Waals surface area contributed by atoms with Gasteiger partial charge >= 0.3 is 0 Å². The molecule has 2 N–H and O–H groups in total. The van der Waals surface area contributed by atoms with E-state index in [1.54, 1.807) is 18.0 Å². The Balaban J connectivity index is 1.50. The van der Waals surface area contributed by atoms with Crippen LogP contribution in [-0.4, -0.2) is 18.1 Å². The zero-order valence-electron chi connectivity index (χ0n) is 17.1. The van der Waals surface area contributed by atoms with Gasteiger partial charge < -0.3 is 15.3 Å². The molecule has 31 heavy (non-hydrogen) atoms. The molecule has 0 radical (unpaired) electrons. The number of benzene rings is 3. The summed E-state index contributed by atoms with van der Waals surface area (Å²) in [6.45, 7) is 0. The van der Waals surface area contributed by atoms with E-state index in [4.69, 9.17) is 0 Å². The number of phenols is 1. The first-order valence-electron chi connectivity index (χ1n) is 10.4. The Hall–Kier alpha value is -3.05. The second-order valence-electron chi connectivity index (χ2n) is 8.18. The summed E-state index contributed by atoms with van der Waals surface area (Å²) in [7, 11) is 1.81. The topological polar surface area (TPSA) is 52.6 Å². The first kappa shape index (κ1) is 19.9. The molecule has 0 saturated heterocycles. The Kier molecular flexibility index (Phi) is 5.06. The van der Waals surface area contributed by atoms with Crippen molar-refractivity contribution in [2.45, 2.75) is 18.4 Å². The van der Waals surface area contributed by atoms with E-state index in [1.807, 2.05) is 60.7 Å². The number of allylic oxidation sites excluding steroid dienone is 2. The van der Waals surface area contributed by atoms with Gasteiger partial charge in [-0.2, -0.15) is 0 Å². The number of carbonyl (C=O) groups excluding carboxylic acids is 1. The van der Waals surface area contributed by atoms with Crippen LogP contribution in [-0.2, 0) is 0 Å². The van der Waals surface area contributed by atoms with Crippen LogP contribution in [0.1, 0.15) is 39.9 Å². The molecule has 3 aromatic rings. The number of hydrogen-bond donors (Lipinski definition) is 2. The van der Waals surface area contributed by atoms with Gasteiger partial charge in [-0.25, -0.2) is 0 Å². The van der Waals surface area contributed by atoms with E-state index in [9.17, 15) is 9.90 Å². The first-order chi connectivity index (χ1) is 15.0. The van der Waals surface area contributed by atoms with Gasteiger partial charge in [-0.1, -0.05) is 46.3 Å². The minimum absolute atomic E-state index is 0.00135. The van der Waals surface area contributed by atoms with Gasteiger partial charge in [-0.05, 0) is 66.4 Å². The summed E-state index contributed by atoms with van der Waals surface area (Å²) in [5.41, 5.74) is 4.58. The summed E-state index contributed by atoms with van der Waals surface area (Å²) < 4.78 is 0.945. The number of phenolic OH excluding ortho intramolecular Hbond substituents is 1. The van der Waals surface area contributed by atoms with Crippen LogP contribution in [0.5, 0.6) is 5.75 Å². The van der Waals surface area contributed by atoms with Crippen LogP contribution in [0.15, 0.2) is 83.4 Å². The molecule has 0 aromatic heterocycles. The maximum atomic E-state index is 13.1. The molecule has 1 heterocycles. The standard InChI is InChI=1S/C26H23BrN2O2/c1-29(18-6-3-2-4-7-18)26(31)16-10-12-23-21(14-16)19-8-5-9-20(19)25(28-23)22-15-17(27)11-13-24(22)30/h2-8,10-15,19-20,25,28,30H,9H2,1H3. The predicted octanol–water partition coefficient (Wildman–Crippen LogP) is 6.26. The monoisotopic (exact) mass is 474 g/mol. The number of aromatic hydroxyl groups is 1. The molecule has 1 amide bonds. The summed E-state index contributed by atoms with van der Waals surface area (Å²) in [5.74, 6) is 0.754. The fourth-order valence-corrected chi connectivity index (χ4v) is 5.15. The number of nitrogens with zero attached hydrogens (tertiary/aromatic N) is 1. The van der Waals surface area contributed by atoms with Crippen LogP contribution in [0.4, 0.5) is 11.4 Å². The molecule has 0 saturated carbocycles. The second-order valence-corrected chi connectivity index (χ2v) is 9.10. The number of fused-ring (bicyclic) bond motifs is 3. The summed E-state index contributed by atoms with van der Waals surface area (Å²) in [6, 6.07) is 21.1. The molecule has 3 atom stereocenters. The second kappa shape index (κ2) is 7.89. The van der Waals surface area contributed by atoms with Gasteiger partial charge in [0.1, 0.15) is 5.75 Å². The molecular weight excluding hydrogens is 452 g/mol. The van der Waals surface area contributed by atoms with Crippen LogP contribution in [0, 0.1) is 5.92 Å². The lowest BCUT2D eigenvalue weighted by Crippen LogP contribution is -2.30. The van der Waals surface area contributed by atoms with E-state index in [-0.39, 0.29) is 23.8 Å². The van der Waals surface area contributed by atoms with Crippen molar-refractivity contribution in [2.75, 3.05) is 17.3 Å². The van der Waals surface area contributed by atoms with E-state index in [2.05, 4.69) is 33.4 Å². The Labute approximate surface area is 190 Å². The average molecular weight is 475 g/mol. The van der Waals surface area contributed by atoms with Crippen molar-refractivity contribution in [3.8, 4) is 5.75 Å². The van der Waals surface area contributed by atoms with Crippen LogP contribution in [0.3, 0.4) is 0 Å². The van der Waals surface area contributed by atoms with Crippen LogP contribution >= 0.6 is 15.9 Å². The van der Waals surface area contributed by atoms with Crippen molar-refractivity contribution in [3.63, 3.8) is 0 Å². The predicted molar refractivity (Wildman–Crippen MR) is 128 cm³/mol. The van der Waals surface area contributed by atoms with Crippen molar-refractivity contribution < 1.29 is 9.90 Å². The molecule has 2 aliphatic rings. The minimum Gasteiger partial charge on any atom is -0.508 e. The smallest absolute Gasteiger partial charge is 0.258 e. The van der Waals surface area contributed by atoms with Gasteiger partial charge in [0.25, 0.3) is 5.91 Å². The summed E-state index contributed by atoms with van der Waals surface area (Å²) in [4.78, 5) is 14.8. The van der Waals surface area contributed by atoms with E-state index >= 15 is 0 Å². The number of nitrogens with one attached hydrogen (secondary N) is 1. The molecule has 0 spiro atoms. The van der Waals surface area contributed by atoms with Gasteiger partial charge in [0.15, 0.2) is 0 Å². The number of carbonyl (C=O) groups is 1. The van der Waals surface area contributed by atoms with Gasteiger partial charge in [-0.3, -0.25) is 4.79 Å². The highest BCUT2D eigenvalue weighted by Gasteiger charge is 2.39. The minimum atomic E-state index is -0.0284. The number of rotatable bonds is 3. The van der Waals surface area contributed by atoms with Crippen molar-refractivity contribution in [3.05, 3.63) is 100 Å². The largest absolute Gasteiger partial charge is 0.508 e. The molecule has 1 aliphatic carbocycles. The Morgan fingerprint density at radius 2 is 1.87 bits per heavy atom. The number of para-hydroxylation sites is 1. The lowest BCUT2D eigenvalue weighted by atomic mass is 9.76. The normalized spacial score (nSPS) is 21.2. The fourth-order valence-electron chi connectivity index (χ4n) is 4.77. The lowest BCUT2D eigenvalue weighted by molar-refractivity contribution is 0.0993. The first-order valence-corrected chi connectivity index (χ1v) is 11.2. The maximum Gasteiger partial charge on any atom is 0.258 e. The summed E-state index contributed by atoms with van der Waals surface area (Å²) in [6.07, 6.45) is 5.37. The molecule has 1 aliphatic heterocycles. The Morgan fingerprint density at radius 1 is 1.06 bits per heavy atom. The lowest BCUT2D eigenvalue weighted by Gasteiger charge is -2.38. The highest BCUT2D eigenvalue weighted by Crippen LogP contribution is 2.51. The number of hydrogen-bond acceptors (Lipinski definition) is 3. The molecule has 3 aromatic carbocycles. The quantitative estimate of drug-likeness (QED) is 0.440. The SMILES string of the molecule is CN(C(=O)c1ccc2c(c1)C1C=CCC1C(c1cc(Br)ccc1O)N2)c1ccccc1. The summed E-state index contributed by atoms with van der Waals surface area (Å²) in [5, 5.41) is 14.1. The van der Waals surface area contributed by atoms with Crippen LogP contribution in [0.25, 0.3) is 0 Å². The molecular formula is C26H23BrN2O2. The van der Waals surface area contributed by atoms with Crippen molar-refractivity contribution in [2.24, 2.45) is 5.92 Å². The average Bonchev–Trinajstić information content (AvgIpc) is 3.30. The van der Waals surface area contributed by atoms with Gasteiger partial charge in [-0.15, -0.1) is 0 Å². The molecule has 5 heteroatoms. The Bertz CT molecular complexity index is 1180. The Morgan fingerprint density at radius 3 is 2.68 bits per heavy atom. The number of halogens is 1. The molecule has 156 valence electrons. The zero-order chi connectivity index (χ0) is 21.5. The van der Waals surface area contributed by atoms with Crippen molar-refractivity contribution in [1.29, 1.82) is 0 Å². The van der Waals surface area contributed by atoms with Crippen molar-refractivity contribution >= 4 is 33.2 Å². The third kappa shape index (κ3) is 3.53. The van der Waals surface area contributed by atoms with Gasteiger partial charge in [0.05, 0.1) is 6.04 Å². The van der Waals surface area contributed by atoms with Crippen LogP contribution < -0.4 is 10.2 Å². The highest BCUT2D eigenvalue weighted by atomic mass is 79.9. The van der Waals surface area contributed by atoms with E-state index < -0.39 is 0 Å². The third-order valence-corrected chi connectivity index (χ3v) is 6.88. The zero-order valence-corrected chi connectivity index (χ0v) is 18.7. The van der Waals surface area contributed by atoms with Gasteiger partial charge in [0, 0.05) is 39.9 Å². The molecule has 0 bridgehead atoms. The fraction of sp³-hybridized carbons (Fsp3) is 0.192. The van der Waals surface area contributed by atoms with Gasteiger partial charge in [0.2, 0.25) is 0 Å². The van der Waals surface area contributed by atoms with E-state index in [0.717, 1.165) is 33.4 Å². The molecule has 5 rings (SSSR count). The number of amides is 1. The highest BCUT2D eigenvalue weighted by molar-refractivity contribution is 9.10. The third-order valence-electron chi connectivity index (χ3n) is 6.38. The number of anilines is 2. The molecule has 4 nitrogen and oxygen atoms in total. The molecule has 3 unspecified atom stereocenters. The van der Waals surface area contributed by atoms with E-state index in [1.165, 1.54) is 0 Å².